The Balaban J connectivity index is 1.81. The van der Waals surface area contributed by atoms with Crippen LogP contribution in [-0.4, -0.2) is 29.3 Å². The Kier molecular flexibility index (Phi) is 3.57. The van der Waals surface area contributed by atoms with E-state index in [0.717, 1.165) is 44.5 Å². The van der Waals surface area contributed by atoms with Crippen molar-refractivity contribution in [2.45, 2.75) is 11.8 Å². The Morgan fingerprint density at radius 3 is 2.62 bits per heavy atom. The zero-order valence-corrected chi connectivity index (χ0v) is 14.1. The average Bonchev–Trinajstić information content (AvgIpc) is 3.23. The minimum absolute atomic E-state index is 0.243. The van der Waals surface area contributed by atoms with Gasteiger partial charge in [-0.05, 0) is 42.8 Å². The third-order valence-electron chi connectivity index (χ3n) is 3.93. The van der Waals surface area contributed by atoms with E-state index in [-0.39, 0.29) is 6.79 Å². The van der Waals surface area contributed by atoms with Gasteiger partial charge in [0.05, 0.1) is 7.11 Å². The maximum absolute atomic E-state index is 5.50. The van der Waals surface area contributed by atoms with Gasteiger partial charge in [-0.2, -0.15) is 15.4 Å². The van der Waals surface area contributed by atoms with E-state index in [1.54, 1.807) is 7.11 Å². The van der Waals surface area contributed by atoms with Crippen LogP contribution >= 0.6 is 12.6 Å². The maximum atomic E-state index is 5.50. The molecular weight excluding hydrogens is 326 g/mol. The van der Waals surface area contributed by atoms with E-state index in [4.69, 9.17) is 14.2 Å². The van der Waals surface area contributed by atoms with Crippen molar-refractivity contribution in [2.24, 2.45) is 0 Å². The zero-order valence-electron chi connectivity index (χ0n) is 13.2. The highest BCUT2D eigenvalue weighted by molar-refractivity contribution is 7.80. The second-order valence-corrected chi connectivity index (χ2v) is 5.92. The first kappa shape index (κ1) is 14.9. The van der Waals surface area contributed by atoms with Crippen LogP contribution in [0.4, 0.5) is 0 Å². The first-order valence-electron chi connectivity index (χ1n) is 7.36. The number of hydrogen-bond acceptors (Lipinski definition) is 6. The minimum Gasteiger partial charge on any atom is -0.496 e. The molecule has 4 rings (SSSR count). The van der Waals surface area contributed by atoms with E-state index in [0.29, 0.717) is 5.75 Å². The molecule has 0 bridgehead atoms. The maximum Gasteiger partial charge on any atom is 0.231 e. The van der Waals surface area contributed by atoms with Gasteiger partial charge < -0.3 is 14.2 Å². The molecule has 122 valence electrons. The summed E-state index contributed by atoms with van der Waals surface area (Å²) in [5.41, 5.74) is 4.30. The van der Waals surface area contributed by atoms with Gasteiger partial charge in [0, 0.05) is 16.0 Å². The highest BCUT2D eigenvalue weighted by Crippen LogP contribution is 2.41. The van der Waals surface area contributed by atoms with Crippen molar-refractivity contribution < 1.29 is 14.2 Å². The van der Waals surface area contributed by atoms with Gasteiger partial charge in [0.2, 0.25) is 6.79 Å². The lowest BCUT2D eigenvalue weighted by atomic mass is 10.0. The summed E-state index contributed by atoms with van der Waals surface area (Å²) in [6.45, 7) is 2.22. The number of benzene rings is 2. The number of fused-ring (bicyclic) bond motifs is 1. The van der Waals surface area contributed by atoms with Crippen molar-refractivity contribution in [3.8, 4) is 39.8 Å². The third kappa shape index (κ3) is 2.37. The number of ether oxygens (including phenoxy) is 3. The predicted octanol–water partition coefficient (Wildman–Crippen LogP) is 3.47. The standard InChI is InChI=1S/C17H15N3O3S/c1-9-5-11(6-13-17(9)23-8-22-13)16-15(18-20-19-16)10-3-4-12(21-2)14(24)7-10/h3-7,24H,8H2,1-2H3,(H,18,19,20). The summed E-state index contributed by atoms with van der Waals surface area (Å²) >= 11 is 4.45. The lowest BCUT2D eigenvalue weighted by Gasteiger charge is -2.08. The van der Waals surface area contributed by atoms with Crippen LogP contribution in [0.25, 0.3) is 22.5 Å². The highest BCUT2D eigenvalue weighted by Gasteiger charge is 2.21. The molecule has 0 saturated heterocycles. The fraction of sp³-hybridized carbons (Fsp3) is 0.176. The molecule has 1 aromatic heterocycles. The number of hydrogen-bond donors (Lipinski definition) is 2. The summed E-state index contributed by atoms with van der Waals surface area (Å²) in [5, 5.41) is 11.3. The van der Waals surface area contributed by atoms with E-state index >= 15 is 0 Å². The number of H-pyrrole nitrogens is 1. The number of aromatic nitrogens is 3. The molecule has 0 saturated carbocycles. The van der Waals surface area contributed by atoms with Gasteiger partial charge in [0.25, 0.3) is 0 Å². The molecule has 0 unspecified atom stereocenters. The summed E-state index contributed by atoms with van der Waals surface area (Å²) in [5.74, 6) is 2.22. The molecule has 0 spiro atoms. The van der Waals surface area contributed by atoms with Crippen LogP contribution in [0.5, 0.6) is 17.2 Å². The first-order chi connectivity index (χ1) is 11.7. The molecule has 3 aromatic rings. The van der Waals surface area contributed by atoms with Gasteiger partial charge in [-0.25, -0.2) is 0 Å². The minimum atomic E-state index is 0.243. The molecule has 6 nitrogen and oxygen atoms in total. The summed E-state index contributed by atoms with van der Waals surface area (Å²) in [6, 6.07) is 9.63. The lowest BCUT2D eigenvalue weighted by Crippen LogP contribution is -1.93. The predicted molar refractivity (Wildman–Crippen MR) is 91.9 cm³/mol. The highest BCUT2D eigenvalue weighted by atomic mass is 32.1. The summed E-state index contributed by atoms with van der Waals surface area (Å²) < 4.78 is 16.2. The van der Waals surface area contributed by atoms with Gasteiger partial charge >= 0.3 is 0 Å². The van der Waals surface area contributed by atoms with Crippen molar-refractivity contribution >= 4 is 12.6 Å². The molecule has 7 heteroatoms. The van der Waals surface area contributed by atoms with Crippen molar-refractivity contribution in [3.05, 3.63) is 35.9 Å². The SMILES string of the molecule is COc1ccc(-c2n[nH]nc2-c2cc(C)c3c(c2)OCO3)cc1S. The zero-order chi connectivity index (χ0) is 16.7. The number of thiol groups is 1. The van der Waals surface area contributed by atoms with E-state index in [2.05, 4.69) is 28.0 Å². The van der Waals surface area contributed by atoms with E-state index in [1.807, 2.05) is 37.3 Å². The molecular formula is C17H15N3O3S. The number of aryl methyl sites for hydroxylation is 1. The topological polar surface area (TPSA) is 69.3 Å². The molecule has 2 heterocycles. The van der Waals surface area contributed by atoms with E-state index in [1.165, 1.54) is 0 Å². The van der Waals surface area contributed by atoms with Gasteiger partial charge in [-0.1, -0.05) is 0 Å². The molecule has 1 aliphatic rings. The van der Waals surface area contributed by atoms with Crippen molar-refractivity contribution in [1.29, 1.82) is 0 Å². The van der Waals surface area contributed by atoms with Crippen LogP contribution in [-0.2, 0) is 0 Å². The molecule has 0 radical (unpaired) electrons. The molecule has 2 aromatic carbocycles. The van der Waals surface area contributed by atoms with Crippen LogP contribution in [0.3, 0.4) is 0 Å². The fourth-order valence-electron chi connectivity index (χ4n) is 2.79. The lowest BCUT2D eigenvalue weighted by molar-refractivity contribution is 0.173. The number of nitrogens with zero attached hydrogens (tertiary/aromatic N) is 2. The Bertz CT molecular complexity index is 923. The van der Waals surface area contributed by atoms with Gasteiger partial charge in [0.15, 0.2) is 11.5 Å². The van der Waals surface area contributed by atoms with Gasteiger partial charge in [0.1, 0.15) is 17.1 Å². The Labute approximate surface area is 144 Å². The van der Waals surface area contributed by atoms with Crippen LogP contribution in [0.1, 0.15) is 5.56 Å². The van der Waals surface area contributed by atoms with Crippen molar-refractivity contribution in [2.75, 3.05) is 13.9 Å². The molecule has 1 N–H and O–H groups in total. The second-order valence-electron chi connectivity index (χ2n) is 5.43. The van der Waals surface area contributed by atoms with Crippen LogP contribution in [0.2, 0.25) is 0 Å². The quantitative estimate of drug-likeness (QED) is 0.714. The Hall–Kier alpha value is -2.67. The van der Waals surface area contributed by atoms with Gasteiger partial charge in [-0.15, -0.1) is 12.6 Å². The largest absolute Gasteiger partial charge is 0.496 e. The first-order valence-corrected chi connectivity index (χ1v) is 7.81. The number of nitrogens with one attached hydrogen (secondary N) is 1. The van der Waals surface area contributed by atoms with Gasteiger partial charge in [-0.3, -0.25) is 0 Å². The molecule has 24 heavy (non-hydrogen) atoms. The third-order valence-corrected chi connectivity index (χ3v) is 4.28. The van der Waals surface area contributed by atoms with E-state index < -0.39 is 0 Å². The monoisotopic (exact) mass is 341 g/mol. The number of methoxy groups -OCH3 is 1. The van der Waals surface area contributed by atoms with Crippen molar-refractivity contribution in [1.82, 2.24) is 15.4 Å². The van der Waals surface area contributed by atoms with Crippen molar-refractivity contribution in [3.63, 3.8) is 0 Å². The summed E-state index contributed by atoms with van der Waals surface area (Å²) in [6.07, 6.45) is 0. The smallest absolute Gasteiger partial charge is 0.231 e. The number of aromatic amines is 1. The molecule has 1 aliphatic heterocycles. The Morgan fingerprint density at radius 1 is 1.08 bits per heavy atom. The van der Waals surface area contributed by atoms with E-state index in [9.17, 15) is 0 Å². The van der Waals surface area contributed by atoms with Crippen LogP contribution in [0.15, 0.2) is 35.2 Å². The number of rotatable bonds is 3. The second kappa shape index (κ2) is 5.76. The van der Waals surface area contributed by atoms with Crippen LogP contribution < -0.4 is 14.2 Å². The fourth-order valence-corrected chi connectivity index (χ4v) is 3.10. The Morgan fingerprint density at radius 2 is 1.88 bits per heavy atom. The average molecular weight is 341 g/mol. The molecule has 0 atom stereocenters. The molecule has 0 aliphatic carbocycles. The normalized spacial score (nSPS) is 12.5. The summed E-state index contributed by atoms with van der Waals surface area (Å²) in [4.78, 5) is 0.741. The van der Waals surface area contributed by atoms with Crippen LogP contribution in [0, 0.1) is 6.92 Å². The molecule has 0 amide bonds. The summed E-state index contributed by atoms with van der Waals surface area (Å²) in [7, 11) is 1.62. The molecule has 0 fully saturated rings.